The molecule has 1 atom stereocenters. The first kappa shape index (κ1) is 21.3. The van der Waals surface area contributed by atoms with Crippen LogP contribution in [0.3, 0.4) is 0 Å². The maximum Gasteiger partial charge on any atom is 0.345 e. The molecule has 1 N–H and O–H groups in total. The third-order valence-electron chi connectivity index (χ3n) is 7.37. The number of piperidine rings is 1. The zero-order valence-corrected chi connectivity index (χ0v) is 18.5. The standard InChI is InChI=1S/C24H25F2N5O3/c25-23(26)34-16-5-8-30(24(12-16)6-7-24)21(32)17-13-27-31-10-9-29(14-20(17)31)22(33)19-11-15-3-1-2-4-18(15)28-19/h1-4,11,13,16,23,28H,5-10,12,14H2. The van der Waals surface area contributed by atoms with Crippen LogP contribution >= 0.6 is 0 Å². The molecule has 10 heteroatoms. The van der Waals surface area contributed by atoms with Crippen molar-refractivity contribution in [3.63, 3.8) is 0 Å². The number of aromatic amines is 1. The lowest BCUT2D eigenvalue weighted by molar-refractivity contribution is -0.176. The second-order valence-corrected chi connectivity index (χ2v) is 9.42. The summed E-state index contributed by atoms with van der Waals surface area (Å²) in [7, 11) is 0. The Bertz CT molecular complexity index is 1230. The third-order valence-corrected chi connectivity index (χ3v) is 7.37. The third kappa shape index (κ3) is 3.56. The predicted molar refractivity (Wildman–Crippen MR) is 118 cm³/mol. The summed E-state index contributed by atoms with van der Waals surface area (Å²) in [5, 5.41) is 5.37. The van der Waals surface area contributed by atoms with Gasteiger partial charge in [-0.25, -0.2) is 0 Å². The number of aromatic nitrogens is 3. The number of para-hydroxylation sites is 1. The lowest BCUT2D eigenvalue weighted by atomic mass is 9.96. The summed E-state index contributed by atoms with van der Waals surface area (Å²) in [6.07, 6.45) is 3.43. The molecule has 1 spiro atoms. The Morgan fingerprint density at radius 3 is 2.74 bits per heavy atom. The number of rotatable bonds is 4. The Balaban J connectivity index is 1.21. The summed E-state index contributed by atoms with van der Waals surface area (Å²) < 4.78 is 31.9. The first-order chi connectivity index (χ1) is 16.4. The summed E-state index contributed by atoms with van der Waals surface area (Å²) in [6.45, 7) is -1.14. The van der Waals surface area contributed by atoms with Crippen LogP contribution in [0.4, 0.5) is 8.78 Å². The van der Waals surface area contributed by atoms with E-state index >= 15 is 0 Å². The molecule has 1 saturated heterocycles. The van der Waals surface area contributed by atoms with Crippen LogP contribution in [0.5, 0.6) is 0 Å². The number of likely N-dealkylation sites (tertiary alicyclic amines) is 1. The number of nitrogens with zero attached hydrogens (tertiary/aromatic N) is 4. The molecule has 4 heterocycles. The molecule has 0 radical (unpaired) electrons. The summed E-state index contributed by atoms with van der Waals surface area (Å²) in [4.78, 5) is 33.5. The molecule has 0 bridgehead atoms. The van der Waals surface area contributed by atoms with Crippen LogP contribution in [-0.4, -0.2) is 67.7 Å². The van der Waals surface area contributed by atoms with E-state index in [2.05, 4.69) is 10.1 Å². The molecule has 3 aliphatic rings. The Labute approximate surface area is 194 Å². The highest BCUT2D eigenvalue weighted by molar-refractivity contribution is 5.99. The molecule has 1 saturated carbocycles. The zero-order chi connectivity index (χ0) is 23.4. The van der Waals surface area contributed by atoms with Crippen LogP contribution in [0.1, 0.15) is 52.2 Å². The van der Waals surface area contributed by atoms with Crippen molar-refractivity contribution in [1.82, 2.24) is 24.6 Å². The molecule has 2 fully saturated rings. The first-order valence-electron chi connectivity index (χ1n) is 11.6. The SMILES string of the molecule is O=C(c1cc2ccccc2[nH]1)N1CCn2ncc(C(=O)N3CCC(OC(F)F)CC34CC4)c2C1. The largest absolute Gasteiger partial charge is 0.351 e. The maximum atomic E-state index is 13.6. The van der Waals surface area contributed by atoms with Gasteiger partial charge in [0.15, 0.2) is 0 Å². The number of hydrogen-bond donors (Lipinski definition) is 1. The highest BCUT2D eigenvalue weighted by atomic mass is 19.3. The van der Waals surface area contributed by atoms with Crippen molar-refractivity contribution in [3.05, 3.63) is 53.5 Å². The number of carbonyl (C=O) groups excluding carboxylic acids is 2. The highest BCUT2D eigenvalue weighted by Crippen LogP contribution is 2.49. The van der Waals surface area contributed by atoms with Crippen molar-refractivity contribution < 1.29 is 23.1 Å². The normalized spacial score (nSPS) is 21.3. The molecule has 178 valence electrons. The van der Waals surface area contributed by atoms with Gasteiger partial charge in [0.05, 0.1) is 36.6 Å². The van der Waals surface area contributed by atoms with Crippen molar-refractivity contribution in [2.45, 2.75) is 57.0 Å². The smallest absolute Gasteiger partial charge is 0.345 e. The van der Waals surface area contributed by atoms with Crippen molar-refractivity contribution >= 4 is 22.7 Å². The number of ether oxygens (including phenoxy) is 1. The van der Waals surface area contributed by atoms with E-state index in [-0.39, 0.29) is 18.4 Å². The molecule has 3 aromatic rings. The average Bonchev–Trinajstić information content (AvgIpc) is 3.27. The fourth-order valence-corrected chi connectivity index (χ4v) is 5.44. The monoisotopic (exact) mass is 469 g/mol. The molecule has 1 unspecified atom stereocenters. The average molecular weight is 469 g/mol. The van der Waals surface area contributed by atoms with Crippen LogP contribution in [0, 0.1) is 0 Å². The lowest BCUT2D eigenvalue weighted by Gasteiger charge is -2.40. The topological polar surface area (TPSA) is 83.5 Å². The van der Waals surface area contributed by atoms with E-state index in [0.717, 1.165) is 23.7 Å². The second-order valence-electron chi connectivity index (χ2n) is 9.42. The summed E-state index contributed by atoms with van der Waals surface area (Å²) in [5.41, 5.74) is 2.20. The Morgan fingerprint density at radius 1 is 1.15 bits per heavy atom. The van der Waals surface area contributed by atoms with Crippen LogP contribution in [0.25, 0.3) is 10.9 Å². The summed E-state index contributed by atoms with van der Waals surface area (Å²) >= 11 is 0. The van der Waals surface area contributed by atoms with Gasteiger partial charge in [-0.3, -0.25) is 14.3 Å². The highest BCUT2D eigenvalue weighted by Gasteiger charge is 2.54. The lowest BCUT2D eigenvalue weighted by Crippen LogP contribution is -2.50. The van der Waals surface area contributed by atoms with Gasteiger partial charge >= 0.3 is 6.61 Å². The van der Waals surface area contributed by atoms with Crippen LogP contribution < -0.4 is 0 Å². The fraction of sp³-hybridized carbons (Fsp3) is 0.458. The number of benzene rings is 1. The number of carbonyl (C=O) groups is 2. The van der Waals surface area contributed by atoms with Gasteiger partial charge in [-0.2, -0.15) is 13.9 Å². The Morgan fingerprint density at radius 2 is 1.97 bits per heavy atom. The van der Waals surface area contributed by atoms with Gasteiger partial charge in [0.2, 0.25) is 0 Å². The quantitative estimate of drug-likeness (QED) is 0.635. The van der Waals surface area contributed by atoms with Gasteiger partial charge in [-0.05, 0) is 37.8 Å². The fourth-order valence-electron chi connectivity index (χ4n) is 5.44. The molecule has 34 heavy (non-hydrogen) atoms. The molecule has 1 aliphatic carbocycles. The Kier molecular flexibility index (Phi) is 4.94. The van der Waals surface area contributed by atoms with Crippen LogP contribution in [0.2, 0.25) is 0 Å². The predicted octanol–water partition coefficient (Wildman–Crippen LogP) is 3.40. The van der Waals surface area contributed by atoms with Gasteiger partial charge in [0.25, 0.3) is 11.8 Å². The van der Waals surface area contributed by atoms with Crippen molar-refractivity contribution in [2.75, 3.05) is 13.1 Å². The molecule has 2 aromatic heterocycles. The number of H-pyrrole nitrogens is 1. The van der Waals surface area contributed by atoms with Crippen LogP contribution in [0.15, 0.2) is 36.5 Å². The van der Waals surface area contributed by atoms with Crippen molar-refractivity contribution in [1.29, 1.82) is 0 Å². The Hall–Kier alpha value is -3.27. The number of hydrogen-bond acceptors (Lipinski definition) is 4. The van der Waals surface area contributed by atoms with E-state index in [1.54, 1.807) is 15.8 Å². The van der Waals surface area contributed by atoms with E-state index in [1.807, 2.05) is 35.2 Å². The molecular formula is C24H25F2N5O3. The summed E-state index contributed by atoms with van der Waals surface area (Å²) in [5.74, 6) is -0.264. The second kappa shape index (κ2) is 7.90. The molecule has 6 rings (SSSR count). The first-order valence-corrected chi connectivity index (χ1v) is 11.6. The van der Waals surface area contributed by atoms with Gasteiger partial charge in [0, 0.05) is 29.5 Å². The molecule has 8 nitrogen and oxygen atoms in total. The number of nitrogens with one attached hydrogen (secondary N) is 1. The zero-order valence-electron chi connectivity index (χ0n) is 18.5. The number of halogens is 2. The van der Waals surface area contributed by atoms with Crippen LogP contribution in [-0.2, 0) is 17.8 Å². The number of alkyl halides is 2. The van der Waals surface area contributed by atoms with Gasteiger partial charge in [0.1, 0.15) is 5.69 Å². The van der Waals surface area contributed by atoms with Crippen molar-refractivity contribution in [2.24, 2.45) is 0 Å². The number of fused-ring (bicyclic) bond motifs is 2. The molecule has 2 aliphatic heterocycles. The minimum atomic E-state index is -2.80. The van der Waals surface area contributed by atoms with Gasteiger partial charge in [-0.1, -0.05) is 18.2 Å². The van der Waals surface area contributed by atoms with Gasteiger partial charge < -0.3 is 19.5 Å². The molecular weight excluding hydrogens is 444 g/mol. The summed E-state index contributed by atoms with van der Waals surface area (Å²) in [6, 6.07) is 9.57. The minimum absolute atomic E-state index is 0.120. The minimum Gasteiger partial charge on any atom is -0.351 e. The van der Waals surface area contributed by atoms with E-state index in [9.17, 15) is 18.4 Å². The maximum absolute atomic E-state index is 13.6. The molecule has 2 amide bonds. The molecule has 1 aromatic carbocycles. The van der Waals surface area contributed by atoms with E-state index in [1.165, 1.54) is 0 Å². The van der Waals surface area contributed by atoms with Crippen molar-refractivity contribution in [3.8, 4) is 0 Å². The van der Waals surface area contributed by atoms with E-state index < -0.39 is 18.3 Å². The van der Waals surface area contributed by atoms with Gasteiger partial charge in [-0.15, -0.1) is 0 Å². The van der Waals surface area contributed by atoms with E-state index in [4.69, 9.17) is 4.74 Å². The number of amides is 2. The van der Waals surface area contributed by atoms with E-state index in [0.29, 0.717) is 49.4 Å².